The molecule has 2 N–H and O–H groups in total. The third kappa shape index (κ3) is 6.05. The largest absolute Gasteiger partial charge is 0.491 e. The Morgan fingerprint density at radius 3 is 2.66 bits per heavy atom. The maximum atomic E-state index is 11.8. The van der Waals surface area contributed by atoms with E-state index in [1.807, 2.05) is 49.4 Å². The molecule has 0 aliphatic carbocycles. The highest BCUT2D eigenvalue weighted by Crippen LogP contribution is 2.36. The van der Waals surface area contributed by atoms with Crippen LogP contribution in [0, 0.1) is 0 Å². The zero-order valence-corrected chi connectivity index (χ0v) is 20.1. The maximum Gasteiger partial charge on any atom is 0.331 e. The quantitative estimate of drug-likeness (QED) is 0.388. The molecular weight excluding hydrogens is 446 g/mol. The van der Waals surface area contributed by atoms with Gasteiger partial charge in [-0.05, 0) is 77.2 Å². The molecule has 1 aliphatic heterocycles. The van der Waals surface area contributed by atoms with Crippen molar-refractivity contribution in [3.63, 3.8) is 0 Å². The predicted octanol–water partition coefficient (Wildman–Crippen LogP) is 4.50. The van der Waals surface area contributed by atoms with E-state index in [9.17, 15) is 9.90 Å². The van der Waals surface area contributed by atoms with E-state index in [2.05, 4.69) is 32.4 Å². The number of hydrogen-bond acceptors (Lipinski definition) is 7. The molecule has 0 fully saturated rings. The molecule has 3 aromatic rings. The van der Waals surface area contributed by atoms with Crippen LogP contribution in [-0.4, -0.2) is 58.1 Å². The Kier molecular flexibility index (Phi) is 8.10. The first-order chi connectivity index (χ1) is 17.1. The molecule has 0 saturated carbocycles. The lowest BCUT2D eigenvalue weighted by Gasteiger charge is -2.30. The van der Waals surface area contributed by atoms with Gasteiger partial charge in [0.25, 0.3) is 0 Å². The van der Waals surface area contributed by atoms with Gasteiger partial charge in [-0.25, -0.2) is 9.89 Å². The molecule has 2 aromatic carbocycles. The van der Waals surface area contributed by atoms with Gasteiger partial charge in [-0.2, -0.15) is 0 Å². The van der Waals surface area contributed by atoms with Crippen LogP contribution in [0.4, 0.5) is 5.69 Å². The Labute approximate surface area is 204 Å². The number of ether oxygens (including phenoxy) is 2. The summed E-state index contributed by atoms with van der Waals surface area (Å²) in [6, 6.07) is 13.9. The Hall–Kier alpha value is -3.72. The molecule has 1 unspecified atom stereocenters. The summed E-state index contributed by atoms with van der Waals surface area (Å²) in [5, 5.41) is 23.9. The van der Waals surface area contributed by atoms with Crippen LogP contribution in [0.2, 0.25) is 0 Å². The summed E-state index contributed by atoms with van der Waals surface area (Å²) in [5.74, 6) is 0.513. The minimum Gasteiger partial charge on any atom is -0.491 e. The molecule has 35 heavy (non-hydrogen) atoms. The number of carboxylic acid groups (broad SMARTS) is 1. The molecule has 1 aromatic heterocycles. The fraction of sp³-hybridized carbons (Fsp3) is 0.385. The monoisotopic (exact) mass is 477 g/mol. The number of carbonyl (C=O) groups is 1. The fourth-order valence-electron chi connectivity index (χ4n) is 4.11. The molecule has 0 saturated heterocycles. The van der Waals surface area contributed by atoms with Gasteiger partial charge < -0.3 is 19.5 Å². The summed E-state index contributed by atoms with van der Waals surface area (Å²) in [4.78, 5) is 14.0. The van der Waals surface area contributed by atoms with Crippen LogP contribution in [0.3, 0.4) is 0 Å². The summed E-state index contributed by atoms with van der Waals surface area (Å²) in [5.41, 5.74) is 4.18. The normalized spacial score (nSPS) is 14.1. The summed E-state index contributed by atoms with van der Waals surface area (Å²) in [7, 11) is 0. The van der Waals surface area contributed by atoms with Crippen molar-refractivity contribution in [2.75, 3.05) is 31.3 Å². The van der Waals surface area contributed by atoms with Gasteiger partial charge in [0.1, 0.15) is 12.4 Å². The minimum absolute atomic E-state index is 0.140. The molecular formula is C26H31N5O4. The number of anilines is 1. The number of unbranched alkanes of at least 4 members (excludes halogenated alkanes) is 1. The van der Waals surface area contributed by atoms with E-state index in [0.717, 1.165) is 47.6 Å². The van der Waals surface area contributed by atoms with Crippen LogP contribution in [0.5, 0.6) is 5.75 Å². The molecule has 0 bridgehead atoms. The molecule has 2 heterocycles. The number of H-pyrrole nitrogens is 1. The van der Waals surface area contributed by atoms with Gasteiger partial charge >= 0.3 is 5.97 Å². The van der Waals surface area contributed by atoms with E-state index in [0.29, 0.717) is 37.6 Å². The van der Waals surface area contributed by atoms with Crippen molar-refractivity contribution in [3.8, 4) is 16.9 Å². The third-order valence-corrected chi connectivity index (χ3v) is 6.11. The van der Waals surface area contributed by atoms with Gasteiger partial charge in [-0.15, -0.1) is 5.10 Å². The summed E-state index contributed by atoms with van der Waals surface area (Å²) >= 11 is 0. The molecule has 9 heteroatoms. The number of fused-ring (bicyclic) bond motifs is 1. The number of rotatable bonds is 11. The smallest absolute Gasteiger partial charge is 0.331 e. The van der Waals surface area contributed by atoms with Crippen LogP contribution >= 0.6 is 0 Å². The number of aromatic nitrogens is 4. The highest BCUT2D eigenvalue weighted by Gasteiger charge is 2.25. The van der Waals surface area contributed by atoms with Crippen LogP contribution < -0.4 is 9.64 Å². The average molecular weight is 478 g/mol. The first kappa shape index (κ1) is 24.4. The van der Waals surface area contributed by atoms with E-state index >= 15 is 0 Å². The van der Waals surface area contributed by atoms with E-state index in [1.165, 1.54) is 0 Å². The maximum absolute atomic E-state index is 11.8. The standard InChI is InChI=1S/C26H31N5O4/c1-3-4-13-34-14-15-35-23-8-5-19(6-9-23)20-7-10-24-22(16-20)17-21(26(32)33)11-12-31(24)18(2)25-27-29-30-28-25/h5-10,16-18H,3-4,11-15H2,1-2H3,(H,32,33)(H,27,28,29,30). The Balaban J connectivity index is 1.53. The number of tetrazole rings is 1. The number of benzene rings is 2. The number of nitrogens with zero attached hydrogens (tertiary/aromatic N) is 4. The van der Waals surface area contributed by atoms with Crippen molar-refractivity contribution < 1.29 is 19.4 Å². The van der Waals surface area contributed by atoms with E-state index in [-0.39, 0.29) is 6.04 Å². The number of aromatic amines is 1. The highest BCUT2D eigenvalue weighted by molar-refractivity contribution is 5.94. The zero-order valence-electron chi connectivity index (χ0n) is 20.1. The molecule has 0 radical (unpaired) electrons. The summed E-state index contributed by atoms with van der Waals surface area (Å²) in [6.45, 7) is 6.53. The Bertz CT molecular complexity index is 1150. The molecule has 1 atom stereocenters. The second kappa shape index (κ2) is 11.6. The van der Waals surface area contributed by atoms with Gasteiger partial charge in [0.2, 0.25) is 0 Å². The number of aliphatic carboxylic acids is 1. The average Bonchev–Trinajstić information content (AvgIpc) is 3.34. The lowest BCUT2D eigenvalue weighted by Crippen LogP contribution is -2.29. The molecule has 1 aliphatic rings. The first-order valence-electron chi connectivity index (χ1n) is 12.0. The Morgan fingerprint density at radius 1 is 1.14 bits per heavy atom. The second-order valence-corrected chi connectivity index (χ2v) is 8.49. The lowest BCUT2D eigenvalue weighted by atomic mass is 10.00. The molecule has 0 amide bonds. The van der Waals surface area contributed by atoms with Gasteiger partial charge in [-0.1, -0.05) is 31.5 Å². The number of hydrogen-bond donors (Lipinski definition) is 2. The zero-order chi connectivity index (χ0) is 24.6. The minimum atomic E-state index is -0.905. The van der Waals surface area contributed by atoms with Crippen molar-refractivity contribution in [2.24, 2.45) is 0 Å². The number of nitrogens with one attached hydrogen (secondary N) is 1. The summed E-state index contributed by atoms with van der Waals surface area (Å²) < 4.78 is 11.3. The fourth-order valence-corrected chi connectivity index (χ4v) is 4.11. The predicted molar refractivity (Wildman–Crippen MR) is 133 cm³/mol. The first-order valence-corrected chi connectivity index (χ1v) is 12.0. The van der Waals surface area contributed by atoms with Gasteiger partial charge in [0, 0.05) is 24.4 Å². The topological polar surface area (TPSA) is 113 Å². The Morgan fingerprint density at radius 2 is 1.94 bits per heavy atom. The van der Waals surface area contributed by atoms with Crippen molar-refractivity contribution in [1.82, 2.24) is 20.6 Å². The summed E-state index contributed by atoms with van der Waals surface area (Å²) in [6.07, 6.45) is 4.36. The number of carboxylic acids is 1. The van der Waals surface area contributed by atoms with E-state index < -0.39 is 5.97 Å². The molecule has 9 nitrogen and oxygen atoms in total. The van der Waals surface area contributed by atoms with Crippen molar-refractivity contribution in [3.05, 3.63) is 59.4 Å². The van der Waals surface area contributed by atoms with E-state index in [1.54, 1.807) is 6.08 Å². The van der Waals surface area contributed by atoms with Crippen LogP contribution in [0.1, 0.15) is 50.5 Å². The van der Waals surface area contributed by atoms with Gasteiger partial charge in [0.15, 0.2) is 5.82 Å². The van der Waals surface area contributed by atoms with E-state index in [4.69, 9.17) is 9.47 Å². The van der Waals surface area contributed by atoms with Crippen LogP contribution in [-0.2, 0) is 9.53 Å². The van der Waals surface area contributed by atoms with Crippen molar-refractivity contribution in [2.45, 2.75) is 39.2 Å². The molecule has 184 valence electrons. The van der Waals surface area contributed by atoms with Gasteiger partial charge in [-0.3, -0.25) is 0 Å². The van der Waals surface area contributed by atoms with Crippen LogP contribution in [0.25, 0.3) is 17.2 Å². The SMILES string of the molecule is CCCCOCCOc1ccc(-c2ccc3c(c2)C=C(C(=O)O)CCN3C(C)c2nnn[nH]2)cc1. The molecule has 0 spiro atoms. The van der Waals surface area contributed by atoms with Crippen LogP contribution in [0.15, 0.2) is 48.0 Å². The highest BCUT2D eigenvalue weighted by atomic mass is 16.5. The molecule has 4 rings (SSSR count). The lowest BCUT2D eigenvalue weighted by molar-refractivity contribution is -0.132. The van der Waals surface area contributed by atoms with Crippen molar-refractivity contribution in [1.29, 1.82) is 0 Å². The van der Waals surface area contributed by atoms with Crippen molar-refractivity contribution >= 4 is 17.7 Å². The second-order valence-electron chi connectivity index (χ2n) is 8.49. The third-order valence-electron chi connectivity index (χ3n) is 6.11. The van der Waals surface area contributed by atoms with Gasteiger partial charge in [0.05, 0.1) is 12.6 Å².